The van der Waals surface area contributed by atoms with Crippen LogP contribution in [-0.4, -0.2) is 66.4 Å². The minimum absolute atomic E-state index is 0.131. The Morgan fingerprint density at radius 1 is 1.00 bits per heavy atom. The molecule has 1 amide bonds. The molecule has 0 saturated carbocycles. The Morgan fingerprint density at radius 2 is 1.74 bits per heavy atom. The standard InChI is InChI=1S/C22H28N8O/c23-22-25-12-16(13-26-22)14-28-8-3-17(4-9-28)21(31)29-10-5-18(6-11-29)30-15-27-19-2-1-7-24-20(19)30/h1-2,7,12-13,15,17-18H,3-6,8-11,14H2,(H2,23,25,26). The van der Waals surface area contributed by atoms with Gasteiger partial charge < -0.3 is 15.2 Å². The highest BCUT2D eigenvalue weighted by Gasteiger charge is 2.31. The van der Waals surface area contributed by atoms with E-state index in [0.29, 0.717) is 17.9 Å². The van der Waals surface area contributed by atoms with Crippen LogP contribution in [0.15, 0.2) is 37.1 Å². The van der Waals surface area contributed by atoms with E-state index in [9.17, 15) is 4.79 Å². The van der Waals surface area contributed by atoms with Crippen molar-refractivity contribution in [3.05, 3.63) is 42.6 Å². The van der Waals surface area contributed by atoms with Crippen molar-refractivity contribution in [2.45, 2.75) is 38.3 Å². The zero-order valence-electron chi connectivity index (χ0n) is 17.6. The number of anilines is 1. The molecule has 5 heterocycles. The maximum atomic E-state index is 13.1. The molecule has 0 bridgehead atoms. The smallest absolute Gasteiger partial charge is 0.225 e. The molecule has 3 aromatic heterocycles. The normalized spacial score (nSPS) is 19.2. The molecule has 9 nitrogen and oxygen atoms in total. The summed E-state index contributed by atoms with van der Waals surface area (Å²) in [6.07, 6.45) is 11.0. The van der Waals surface area contributed by atoms with Gasteiger partial charge in [0.15, 0.2) is 5.65 Å². The van der Waals surface area contributed by atoms with E-state index in [1.165, 1.54) is 0 Å². The zero-order chi connectivity index (χ0) is 21.2. The average molecular weight is 421 g/mol. The molecule has 2 fully saturated rings. The summed E-state index contributed by atoms with van der Waals surface area (Å²) < 4.78 is 2.18. The fraction of sp³-hybridized carbons (Fsp3) is 0.500. The van der Waals surface area contributed by atoms with Crippen LogP contribution in [0.25, 0.3) is 11.2 Å². The van der Waals surface area contributed by atoms with Gasteiger partial charge in [0.25, 0.3) is 0 Å². The number of fused-ring (bicyclic) bond motifs is 1. The summed E-state index contributed by atoms with van der Waals surface area (Å²) in [6, 6.07) is 4.26. The molecular weight excluding hydrogens is 392 g/mol. The lowest BCUT2D eigenvalue weighted by molar-refractivity contribution is -0.138. The number of nitrogens with zero attached hydrogens (tertiary/aromatic N) is 7. The first kappa shape index (κ1) is 19.9. The molecule has 9 heteroatoms. The van der Waals surface area contributed by atoms with E-state index in [1.807, 2.05) is 24.7 Å². The molecule has 2 aliphatic heterocycles. The lowest BCUT2D eigenvalue weighted by atomic mass is 9.93. The third-order valence-corrected chi connectivity index (χ3v) is 6.57. The van der Waals surface area contributed by atoms with Gasteiger partial charge in [0.1, 0.15) is 5.52 Å². The number of imidazole rings is 1. The molecule has 2 N–H and O–H groups in total. The Balaban J connectivity index is 1.12. The van der Waals surface area contributed by atoms with Crippen LogP contribution in [0, 0.1) is 5.92 Å². The molecule has 0 spiro atoms. The summed E-state index contributed by atoms with van der Waals surface area (Å²) in [5.74, 6) is 0.753. The maximum Gasteiger partial charge on any atom is 0.225 e. The maximum absolute atomic E-state index is 13.1. The summed E-state index contributed by atoms with van der Waals surface area (Å²) in [6.45, 7) is 4.26. The minimum Gasteiger partial charge on any atom is -0.368 e. The van der Waals surface area contributed by atoms with E-state index < -0.39 is 0 Å². The number of aromatic nitrogens is 5. The minimum atomic E-state index is 0.131. The van der Waals surface area contributed by atoms with Gasteiger partial charge in [-0.05, 0) is 50.9 Å². The number of rotatable bonds is 4. The molecule has 3 aromatic rings. The average Bonchev–Trinajstić information content (AvgIpc) is 3.25. The largest absolute Gasteiger partial charge is 0.368 e. The van der Waals surface area contributed by atoms with Crippen molar-refractivity contribution in [2.24, 2.45) is 5.92 Å². The van der Waals surface area contributed by atoms with E-state index in [-0.39, 0.29) is 5.92 Å². The Bertz CT molecular complexity index is 1030. The van der Waals surface area contributed by atoms with Gasteiger partial charge in [0, 0.05) is 55.7 Å². The van der Waals surface area contributed by atoms with Crippen molar-refractivity contribution in [2.75, 3.05) is 31.9 Å². The summed E-state index contributed by atoms with van der Waals surface area (Å²) in [4.78, 5) is 34.6. The highest BCUT2D eigenvalue weighted by molar-refractivity contribution is 5.79. The van der Waals surface area contributed by atoms with Gasteiger partial charge in [-0.3, -0.25) is 9.69 Å². The second-order valence-electron chi connectivity index (χ2n) is 8.55. The first-order valence-corrected chi connectivity index (χ1v) is 11.0. The van der Waals surface area contributed by atoms with Crippen LogP contribution in [0.5, 0.6) is 0 Å². The van der Waals surface area contributed by atoms with Crippen LogP contribution in [0.1, 0.15) is 37.3 Å². The highest BCUT2D eigenvalue weighted by atomic mass is 16.2. The van der Waals surface area contributed by atoms with E-state index in [1.54, 1.807) is 12.4 Å². The van der Waals surface area contributed by atoms with Gasteiger partial charge in [-0.2, -0.15) is 0 Å². The van der Waals surface area contributed by atoms with Crippen molar-refractivity contribution in [1.29, 1.82) is 0 Å². The van der Waals surface area contributed by atoms with Gasteiger partial charge in [0.2, 0.25) is 11.9 Å². The third kappa shape index (κ3) is 4.23. The van der Waals surface area contributed by atoms with Crippen molar-refractivity contribution in [3.63, 3.8) is 0 Å². The molecule has 2 saturated heterocycles. The van der Waals surface area contributed by atoms with Crippen molar-refractivity contribution in [1.82, 2.24) is 34.3 Å². The third-order valence-electron chi connectivity index (χ3n) is 6.57. The molecule has 162 valence electrons. The van der Waals surface area contributed by atoms with Crippen molar-refractivity contribution in [3.8, 4) is 0 Å². The van der Waals surface area contributed by atoms with Crippen LogP contribution in [-0.2, 0) is 11.3 Å². The van der Waals surface area contributed by atoms with Crippen LogP contribution in [0.3, 0.4) is 0 Å². The number of nitrogen functional groups attached to an aromatic ring is 1. The predicted molar refractivity (Wildman–Crippen MR) is 117 cm³/mol. The molecule has 31 heavy (non-hydrogen) atoms. The van der Waals surface area contributed by atoms with Crippen LogP contribution >= 0.6 is 0 Å². The first-order valence-electron chi connectivity index (χ1n) is 11.0. The number of nitrogens with two attached hydrogens (primary N) is 1. The molecule has 0 aliphatic carbocycles. The summed E-state index contributed by atoms with van der Waals surface area (Å²) in [7, 11) is 0. The quantitative estimate of drug-likeness (QED) is 0.687. The van der Waals surface area contributed by atoms with Crippen LogP contribution in [0.4, 0.5) is 5.95 Å². The van der Waals surface area contributed by atoms with Gasteiger partial charge in [-0.1, -0.05) is 0 Å². The number of likely N-dealkylation sites (tertiary alicyclic amines) is 2. The number of hydrogen-bond acceptors (Lipinski definition) is 7. The molecular formula is C22H28N8O. The fourth-order valence-corrected chi connectivity index (χ4v) is 4.80. The molecule has 5 rings (SSSR count). The Kier molecular flexibility index (Phi) is 5.50. The van der Waals surface area contributed by atoms with E-state index in [4.69, 9.17) is 5.73 Å². The van der Waals surface area contributed by atoms with E-state index >= 15 is 0 Å². The number of pyridine rings is 1. The second-order valence-corrected chi connectivity index (χ2v) is 8.55. The van der Waals surface area contributed by atoms with Gasteiger partial charge in [0.05, 0.1) is 6.33 Å². The number of hydrogen-bond donors (Lipinski definition) is 1. The second kappa shape index (κ2) is 8.58. The Hall–Kier alpha value is -3.07. The Labute approximate surface area is 181 Å². The van der Waals surface area contributed by atoms with Gasteiger partial charge in [-0.15, -0.1) is 0 Å². The van der Waals surface area contributed by atoms with Crippen LogP contribution < -0.4 is 5.73 Å². The lowest BCUT2D eigenvalue weighted by Crippen LogP contribution is -2.45. The summed E-state index contributed by atoms with van der Waals surface area (Å²) in [5, 5.41) is 0. The van der Waals surface area contributed by atoms with Crippen LogP contribution in [0.2, 0.25) is 0 Å². The number of piperidine rings is 2. The number of carbonyl (C=O) groups is 1. The molecule has 0 atom stereocenters. The number of amides is 1. The molecule has 2 aliphatic rings. The summed E-state index contributed by atoms with van der Waals surface area (Å²) in [5.41, 5.74) is 8.48. The monoisotopic (exact) mass is 420 g/mol. The van der Waals surface area contributed by atoms with Crippen molar-refractivity contribution < 1.29 is 4.79 Å². The number of carbonyl (C=O) groups excluding carboxylic acids is 1. The Morgan fingerprint density at radius 3 is 2.48 bits per heavy atom. The molecule has 0 unspecified atom stereocenters. The summed E-state index contributed by atoms with van der Waals surface area (Å²) >= 11 is 0. The topological polar surface area (TPSA) is 106 Å². The first-order chi connectivity index (χ1) is 15.2. The highest BCUT2D eigenvalue weighted by Crippen LogP contribution is 2.28. The van der Waals surface area contributed by atoms with E-state index in [0.717, 1.165) is 75.1 Å². The van der Waals surface area contributed by atoms with Crippen molar-refractivity contribution >= 4 is 23.0 Å². The van der Waals surface area contributed by atoms with Gasteiger partial charge in [-0.25, -0.2) is 19.9 Å². The lowest BCUT2D eigenvalue weighted by Gasteiger charge is -2.37. The van der Waals surface area contributed by atoms with Gasteiger partial charge >= 0.3 is 0 Å². The zero-order valence-corrected chi connectivity index (χ0v) is 17.6. The fourth-order valence-electron chi connectivity index (χ4n) is 4.80. The SMILES string of the molecule is Nc1ncc(CN2CCC(C(=O)N3CCC(n4cnc5cccnc54)CC3)CC2)cn1. The predicted octanol–water partition coefficient (Wildman–Crippen LogP) is 1.88. The molecule has 0 radical (unpaired) electrons. The van der Waals surface area contributed by atoms with E-state index in [2.05, 4.69) is 34.3 Å². The molecule has 0 aromatic carbocycles.